The van der Waals surface area contributed by atoms with E-state index >= 15 is 0 Å². The highest BCUT2D eigenvalue weighted by Gasteiger charge is 2.14. The first-order chi connectivity index (χ1) is 7.44. The number of hydrogen-bond acceptors (Lipinski definition) is 2. The zero-order valence-corrected chi connectivity index (χ0v) is 11.0. The molecule has 0 radical (unpaired) electrons. The lowest BCUT2D eigenvalue weighted by Crippen LogP contribution is -2.29. The van der Waals surface area contributed by atoms with Crippen LogP contribution in [-0.2, 0) is 10.0 Å². The summed E-state index contributed by atoms with van der Waals surface area (Å²) in [6.07, 6.45) is 0. The van der Waals surface area contributed by atoms with Gasteiger partial charge in [-0.1, -0.05) is 29.8 Å². The average molecular weight is 262 g/mol. The van der Waals surface area contributed by atoms with Gasteiger partial charge in [0.1, 0.15) is 0 Å². The molecule has 1 rings (SSSR count). The van der Waals surface area contributed by atoms with Crippen LogP contribution in [0.3, 0.4) is 0 Å². The standard InChI is InChI=1S/C11H16ClNO2S/c1-9-3-5-11(6-4-9)10(2)13-16(14,15)8-7-12/h3-6,10,13H,7-8H2,1-2H3/t10-/m1/s1. The quantitative estimate of drug-likeness (QED) is 0.826. The molecule has 5 heteroatoms. The van der Waals surface area contributed by atoms with Gasteiger partial charge in [0.15, 0.2) is 0 Å². The van der Waals surface area contributed by atoms with Crippen molar-refractivity contribution >= 4 is 21.6 Å². The summed E-state index contributed by atoms with van der Waals surface area (Å²) >= 11 is 5.42. The van der Waals surface area contributed by atoms with Crippen LogP contribution in [0.15, 0.2) is 24.3 Å². The first-order valence-electron chi connectivity index (χ1n) is 5.07. The predicted molar refractivity (Wildman–Crippen MR) is 67.2 cm³/mol. The summed E-state index contributed by atoms with van der Waals surface area (Å²) in [5.74, 6) is 0.0563. The van der Waals surface area contributed by atoms with E-state index in [1.54, 1.807) is 0 Å². The Balaban J connectivity index is 2.72. The molecule has 3 nitrogen and oxygen atoms in total. The van der Waals surface area contributed by atoms with Crippen molar-refractivity contribution in [1.29, 1.82) is 0 Å². The summed E-state index contributed by atoms with van der Waals surface area (Å²) in [6.45, 7) is 3.81. The fourth-order valence-corrected chi connectivity index (χ4v) is 2.96. The second-order valence-corrected chi connectivity index (χ2v) is 6.01. The molecular formula is C11H16ClNO2S. The van der Waals surface area contributed by atoms with Crippen LogP contribution in [0.1, 0.15) is 24.1 Å². The summed E-state index contributed by atoms with van der Waals surface area (Å²) < 4.78 is 25.6. The Morgan fingerprint density at radius 3 is 2.38 bits per heavy atom. The number of hydrogen-bond donors (Lipinski definition) is 1. The van der Waals surface area contributed by atoms with E-state index in [9.17, 15) is 8.42 Å². The molecule has 1 atom stereocenters. The minimum Gasteiger partial charge on any atom is -0.212 e. The molecule has 0 aromatic heterocycles. The monoisotopic (exact) mass is 261 g/mol. The number of nitrogens with one attached hydrogen (secondary N) is 1. The Bertz CT molecular complexity index is 428. The predicted octanol–water partition coefficient (Wildman–Crippen LogP) is 2.21. The molecule has 0 heterocycles. The van der Waals surface area contributed by atoms with Gasteiger partial charge in [0.05, 0.1) is 5.75 Å². The molecule has 0 amide bonds. The lowest BCUT2D eigenvalue weighted by Gasteiger charge is -2.14. The van der Waals surface area contributed by atoms with Gasteiger partial charge in [-0.2, -0.15) is 0 Å². The minimum absolute atomic E-state index is 0.0508. The van der Waals surface area contributed by atoms with Crippen LogP contribution in [0.4, 0.5) is 0 Å². The summed E-state index contributed by atoms with van der Waals surface area (Å²) in [7, 11) is -3.27. The third-order valence-corrected chi connectivity index (χ3v) is 4.15. The third kappa shape index (κ3) is 4.12. The van der Waals surface area contributed by atoms with Crippen molar-refractivity contribution < 1.29 is 8.42 Å². The van der Waals surface area contributed by atoms with Crippen LogP contribution < -0.4 is 4.72 Å². The maximum Gasteiger partial charge on any atom is 0.213 e. The van der Waals surface area contributed by atoms with E-state index in [2.05, 4.69) is 4.72 Å². The molecule has 16 heavy (non-hydrogen) atoms. The molecule has 0 bridgehead atoms. The maximum atomic E-state index is 11.5. The molecule has 0 aliphatic carbocycles. The topological polar surface area (TPSA) is 46.2 Å². The number of alkyl halides is 1. The van der Waals surface area contributed by atoms with Crippen LogP contribution >= 0.6 is 11.6 Å². The highest BCUT2D eigenvalue weighted by molar-refractivity contribution is 7.89. The van der Waals surface area contributed by atoms with Gasteiger partial charge < -0.3 is 0 Å². The molecule has 90 valence electrons. The molecule has 0 aliphatic heterocycles. The molecule has 1 N–H and O–H groups in total. The van der Waals surface area contributed by atoms with E-state index in [1.807, 2.05) is 38.1 Å². The Morgan fingerprint density at radius 1 is 1.31 bits per heavy atom. The molecule has 0 aliphatic rings. The van der Waals surface area contributed by atoms with Crippen LogP contribution in [0.25, 0.3) is 0 Å². The highest BCUT2D eigenvalue weighted by atomic mass is 35.5. The number of rotatable bonds is 5. The van der Waals surface area contributed by atoms with Crippen LogP contribution in [0, 0.1) is 6.92 Å². The third-order valence-electron chi connectivity index (χ3n) is 2.28. The van der Waals surface area contributed by atoms with Gasteiger partial charge in [0.2, 0.25) is 10.0 Å². The minimum atomic E-state index is -3.27. The summed E-state index contributed by atoms with van der Waals surface area (Å²) in [5.41, 5.74) is 2.10. The zero-order chi connectivity index (χ0) is 12.2. The molecule has 1 aromatic carbocycles. The molecule has 1 aromatic rings. The Morgan fingerprint density at radius 2 is 1.88 bits per heavy atom. The van der Waals surface area contributed by atoms with Crippen molar-refractivity contribution in [2.75, 3.05) is 11.6 Å². The van der Waals surface area contributed by atoms with E-state index in [0.29, 0.717) is 0 Å². The summed E-state index contributed by atoms with van der Waals surface area (Å²) in [4.78, 5) is 0. The first kappa shape index (κ1) is 13.5. The number of aryl methyl sites for hydroxylation is 1. The van der Waals surface area contributed by atoms with Crippen molar-refractivity contribution in [3.63, 3.8) is 0 Å². The van der Waals surface area contributed by atoms with Gasteiger partial charge >= 0.3 is 0 Å². The zero-order valence-electron chi connectivity index (χ0n) is 9.40. The summed E-state index contributed by atoms with van der Waals surface area (Å²) in [5, 5.41) is 0. The van der Waals surface area contributed by atoms with Crippen LogP contribution in [0.2, 0.25) is 0 Å². The maximum absolute atomic E-state index is 11.5. The van der Waals surface area contributed by atoms with Gasteiger partial charge in [-0.25, -0.2) is 13.1 Å². The largest absolute Gasteiger partial charge is 0.213 e. The van der Waals surface area contributed by atoms with Crippen molar-refractivity contribution in [2.45, 2.75) is 19.9 Å². The van der Waals surface area contributed by atoms with Crippen LogP contribution in [-0.4, -0.2) is 20.1 Å². The number of halogens is 1. The number of sulfonamides is 1. The molecule has 0 unspecified atom stereocenters. The fourth-order valence-electron chi connectivity index (χ4n) is 1.35. The molecular weight excluding hydrogens is 246 g/mol. The van der Waals surface area contributed by atoms with Gasteiger partial charge in [-0.15, -0.1) is 11.6 Å². The second kappa shape index (κ2) is 5.66. The van der Waals surface area contributed by atoms with Gasteiger partial charge in [-0.3, -0.25) is 0 Å². The van der Waals surface area contributed by atoms with Crippen molar-refractivity contribution in [2.24, 2.45) is 0 Å². The van der Waals surface area contributed by atoms with E-state index in [4.69, 9.17) is 11.6 Å². The Kier molecular flexibility index (Phi) is 4.77. The fraction of sp³-hybridized carbons (Fsp3) is 0.455. The lowest BCUT2D eigenvalue weighted by molar-refractivity contribution is 0.568. The summed E-state index contributed by atoms with van der Waals surface area (Å²) in [6, 6.07) is 7.53. The Hall–Kier alpha value is -0.580. The van der Waals surface area contributed by atoms with Crippen molar-refractivity contribution in [1.82, 2.24) is 4.72 Å². The second-order valence-electron chi connectivity index (χ2n) is 3.76. The smallest absolute Gasteiger partial charge is 0.212 e. The first-order valence-corrected chi connectivity index (χ1v) is 7.26. The molecule has 0 saturated carbocycles. The molecule has 0 fully saturated rings. The van der Waals surface area contributed by atoms with Gasteiger partial charge in [-0.05, 0) is 19.4 Å². The SMILES string of the molecule is Cc1ccc([C@@H](C)NS(=O)(=O)CCCl)cc1. The van der Waals surface area contributed by atoms with E-state index in [0.717, 1.165) is 11.1 Å². The highest BCUT2D eigenvalue weighted by Crippen LogP contribution is 2.14. The lowest BCUT2D eigenvalue weighted by atomic mass is 10.1. The normalized spacial score (nSPS) is 13.7. The van der Waals surface area contributed by atoms with E-state index in [-0.39, 0.29) is 17.7 Å². The van der Waals surface area contributed by atoms with E-state index in [1.165, 1.54) is 0 Å². The van der Waals surface area contributed by atoms with Crippen molar-refractivity contribution in [3.05, 3.63) is 35.4 Å². The average Bonchev–Trinajstić information content (AvgIpc) is 2.17. The van der Waals surface area contributed by atoms with E-state index < -0.39 is 10.0 Å². The van der Waals surface area contributed by atoms with Gasteiger partial charge in [0, 0.05) is 11.9 Å². The van der Waals surface area contributed by atoms with Crippen molar-refractivity contribution in [3.8, 4) is 0 Å². The Labute approximate surface area is 102 Å². The van der Waals surface area contributed by atoms with Crippen LogP contribution in [0.5, 0.6) is 0 Å². The molecule has 0 spiro atoms. The molecule has 0 saturated heterocycles. The van der Waals surface area contributed by atoms with Gasteiger partial charge in [0.25, 0.3) is 0 Å². The number of benzene rings is 1.